The van der Waals surface area contributed by atoms with Gasteiger partial charge in [-0.25, -0.2) is 0 Å². The zero-order chi connectivity index (χ0) is 14.4. The summed E-state index contributed by atoms with van der Waals surface area (Å²) in [6.07, 6.45) is 0. The number of nitrogens with zero attached hydrogens (tertiary/aromatic N) is 1. The van der Waals surface area contributed by atoms with Gasteiger partial charge in [-0.2, -0.15) is 0 Å². The Labute approximate surface area is 121 Å². The molecule has 1 aromatic rings. The molecule has 4 heteroatoms. The molecule has 0 aliphatic carbocycles. The van der Waals surface area contributed by atoms with Crippen LogP contribution in [-0.2, 0) is 4.74 Å². The monoisotopic (exact) mass is 276 g/mol. The topological polar surface area (TPSA) is 41.6 Å². The van der Waals surface area contributed by atoms with Crippen LogP contribution in [0.1, 0.15) is 22.8 Å². The molecular weight excluding hydrogens is 252 g/mol. The smallest absolute Gasteiger partial charge is 0.251 e. The molecule has 110 valence electrons. The van der Waals surface area contributed by atoms with Gasteiger partial charge in [0.1, 0.15) is 0 Å². The van der Waals surface area contributed by atoms with E-state index in [0.717, 1.165) is 44.0 Å². The molecule has 1 saturated heterocycles. The fourth-order valence-electron chi connectivity index (χ4n) is 2.44. The Hall–Kier alpha value is -1.39. The lowest BCUT2D eigenvalue weighted by Crippen LogP contribution is -2.41. The first-order valence-electron chi connectivity index (χ1n) is 7.30. The molecule has 2 rings (SSSR count). The van der Waals surface area contributed by atoms with Crippen molar-refractivity contribution in [2.24, 2.45) is 5.92 Å². The van der Waals surface area contributed by atoms with Gasteiger partial charge >= 0.3 is 0 Å². The number of ether oxygens (including phenoxy) is 1. The second-order valence-corrected chi connectivity index (χ2v) is 5.60. The number of aryl methyl sites for hydroxylation is 1. The van der Waals surface area contributed by atoms with Crippen LogP contribution in [0.2, 0.25) is 0 Å². The first kappa shape index (κ1) is 15.0. The lowest BCUT2D eigenvalue weighted by atomic mass is 10.1. The highest BCUT2D eigenvalue weighted by Gasteiger charge is 2.14. The Balaban J connectivity index is 1.75. The van der Waals surface area contributed by atoms with Crippen LogP contribution < -0.4 is 5.32 Å². The van der Waals surface area contributed by atoms with E-state index in [1.54, 1.807) is 0 Å². The highest BCUT2D eigenvalue weighted by atomic mass is 16.5. The van der Waals surface area contributed by atoms with Crippen LogP contribution in [0.15, 0.2) is 24.3 Å². The summed E-state index contributed by atoms with van der Waals surface area (Å²) in [4.78, 5) is 14.4. The maximum absolute atomic E-state index is 12.0. The van der Waals surface area contributed by atoms with Crippen molar-refractivity contribution >= 4 is 5.91 Å². The van der Waals surface area contributed by atoms with E-state index in [2.05, 4.69) is 17.1 Å². The Morgan fingerprint density at radius 1 is 1.40 bits per heavy atom. The summed E-state index contributed by atoms with van der Waals surface area (Å²) in [6, 6.07) is 7.69. The van der Waals surface area contributed by atoms with Crippen molar-refractivity contribution in [2.75, 3.05) is 39.4 Å². The summed E-state index contributed by atoms with van der Waals surface area (Å²) in [7, 11) is 0. The zero-order valence-corrected chi connectivity index (χ0v) is 12.4. The molecule has 1 fully saturated rings. The van der Waals surface area contributed by atoms with Gasteiger partial charge in [0.15, 0.2) is 0 Å². The summed E-state index contributed by atoms with van der Waals surface area (Å²) in [5.74, 6) is 0.462. The Bertz CT molecular complexity index is 442. The second kappa shape index (κ2) is 7.41. The van der Waals surface area contributed by atoms with Crippen LogP contribution in [0, 0.1) is 12.8 Å². The quantitative estimate of drug-likeness (QED) is 0.890. The molecule has 20 heavy (non-hydrogen) atoms. The molecule has 0 aromatic heterocycles. The van der Waals surface area contributed by atoms with Crippen LogP contribution >= 0.6 is 0 Å². The highest BCUT2D eigenvalue weighted by molar-refractivity contribution is 5.94. The SMILES string of the molecule is Cc1cccc(C(=O)NCC(C)CN2CCOCC2)c1. The predicted octanol–water partition coefficient (Wildman–Crippen LogP) is 1.69. The highest BCUT2D eigenvalue weighted by Crippen LogP contribution is 2.05. The molecule has 0 spiro atoms. The number of morpholine rings is 1. The zero-order valence-electron chi connectivity index (χ0n) is 12.4. The summed E-state index contributed by atoms with van der Waals surface area (Å²) in [6.45, 7) is 9.53. The second-order valence-electron chi connectivity index (χ2n) is 5.60. The molecule has 0 saturated carbocycles. The van der Waals surface area contributed by atoms with Crippen LogP contribution in [0.25, 0.3) is 0 Å². The lowest BCUT2D eigenvalue weighted by molar-refractivity contribution is 0.0317. The van der Waals surface area contributed by atoms with E-state index in [0.29, 0.717) is 12.5 Å². The Morgan fingerprint density at radius 3 is 2.85 bits per heavy atom. The van der Waals surface area contributed by atoms with E-state index in [1.807, 2.05) is 31.2 Å². The van der Waals surface area contributed by atoms with Gasteiger partial charge in [0, 0.05) is 31.7 Å². The number of hydrogen-bond donors (Lipinski definition) is 1. The summed E-state index contributed by atoms with van der Waals surface area (Å²) in [5.41, 5.74) is 1.85. The molecular formula is C16H24N2O2. The molecule has 1 N–H and O–H groups in total. The summed E-state index contributed by atoms with van der Waals surface area (Å²) in [5, 5.41) is 3.02. The summed E-state index contributed by atoms with van der Waals surface area (Å²) < 4.78 is 5.34. The lowest BCUT2D eigenvalue weighted by Gasteiger charge is -2.29. The van der Waals surface area contributed by atoms with Gasteiger partial charge in [-0.1, -0.05) is 24.6 Å². The molecule has 1 aromatic carbocycles. The molecule has 4 nitrogen and oxygen atoms in total. The molecule has 0 radical (unpaired) electrons. The predicted molar refractivity (Wildman–Crippen MR) is 79.9 cm³/mol. The molecule has 1 heterocycles. The van der Waals surface area contributed by atoms with Gasteiger partial charge in [-0.15, -0.1) is 0 Å². The van der Waals surface area contributed by atoms with Gasteiger partial charge in [0.05, 0.1) is 13.2 Å². The Morgan fingerprint density at radius 2 is 2.15 bits per heavy atom. The maximum atomic E-state index is 12.0. The van der Waals surface area contributed by atoms with E-state index in [1.165, 1.54) is 0 Å². The van der Waals surface area contributed by atoms with Crippen molar-refractivity contribution in [1.82, 2.24) is 10.2 Å². The molecule has 1 aliphatic rings. The molecule has 1 atom stereocenters. The van der Waals surface area contributed by atoms with Gasteiger partial charge in [-0.05, 0) is 25.0 Å². The van der Waals surface area contributed by atoms with Gasteiger partial charge in [0.25, 0.3) is 5.91 Å². The molecule has 1 unspecified atom stereocenters. The molecule has 1 aliphatic heterocycles. The fourth-order valence-corrected chi connectivity index (χ4v) is 2.44. The average molecular weight is 276 g/mol. The summed E-state index contributed by atoms with van der Waals surface area (Å²) >= 11 is 0. The minimum Gasteiger partial charge on any atom is -0.379 e. The third-order valence-electron chi connectivity index (χ3n) is 3.56. The van der Waals surface area contributed by atoms with Crippen molar-refractivity contribution < 1.29 is 9.53 Å². The maximum Gasteiger partial charge on any atom is 0.251 e. The van der Waals surface area contributed by atoms with E-state index in [9.17, 15) is 4.79 Å². The molecule has 1 amide bonds. The van der Waals surface area contributed by atoms with Gasteiger partial charge < -0.3 is 10.1 Å². The Kier molecular flexibility index (Phi) is 5.56. The van der Waals surface area contributed by atoms with Gasteiger partial charge in [0.2, 0.25) is 0 Å². The van der Waals surface area contributed by atoms with Gasteiger partial charge in [-0.3, -0.25) is 9.69 Å². The van der Waals surface area contributed by atoms with Crippen LogP contribution in [0.5, 0.6) is 0 Å². The minimum atomic E-state index is 0.0162. The molecule has 0 bridgehead atoms. The normalized spacial score (nSPS) is 17.7. The first-order chi connectivity index (χ1) is 9.65. The van der Waals surface area contributed by atoms with Crippen molar-refractivity contribution in [3.8, 4) is 0 Å². The van der Waals surface area contributed by atoms with Crippen LogP contribution in [0.4, 0.5) is 0 Å². The number of carbonyl (C=O) groups excluding carboxylic acids is 1. The number of carbonyl (C=O) groups is 1. The van der Waals surface area contributed by atoms with Crippen molar-refractivity contribution in [1.29, 1.82) is 0 Å². The number of amides is 1. The first-order valence-corrected chi connectivity index (χ1v) is 7.30. The van der Waals surface area contributed by atoms with E-state index in [4.69, 9.17) is 4.74 Å². The number of rotatable bonds is 5. The standard InChI is InChI=1S/C16H24N2O2/c1-13-4-3-5-15(10-13)16(19)17-11-14(2)12-18-6-8-20-9-7-18/h3-5,10,14H,6-9,11-12H2,1-2H3,(H,17,19). The van der Waals surface area contributed by atoms with Crippen LogP contribution in [-0.4, -0.2) is 50.2 Å². The number of hydrogen-bond acceptors (Lipinski definition) is 3. The van der Waals surface area contributed by atoms with Crippen molar-refractivity contribution in [3.63, 3.8) is 0 Å². The van der Waals surface area contributed by atoms with E-state index in [-0.39, 0.29) is 5.91 Å². The fraction of sp³-hybridized carbons (Fsp3) is 0.562. The van der Waals surface area contributed by atoms with Crippen molar-refractivity contribution in [2.45, 2.75) is 13.8 Å². The average Bonchev–Trinajstić information content (AvgIpc) is 2.46. The number of nitrogens with one attached hydrogen (secondary N) is 1. The van der Waals surface area contributed by atoms with E-state index >= 15 is 0 Å². The van der Waals surface area contributed by atoms with Crippen molar-refractivity contribution in [3.05, 3.63) is 35.4 Å². The van der Waals surface area contributed by atoms with Crippen LogP contribution in [0.3, 0.4) is 0 Å². The third-order valence-corrected chi connectivity index (χ3v) is 3.56. The van der Waals surface area contributed by atoms with E-state index < -0.39 is 0 Å². The number of benzene rings is 1. The largest absolute Gasteiger partial charge is 0.379 e. The third kappa shape index (κ3) is 4.62. The minimum absolute atomic E-state index is 0.0162.